The minimum atomic E-state index is -0.00573. The fourth-order valence-corrected chi connectivity index (χ4v) is 5.13. The summed E-state index contributed by atoms with van der Waals surface area (Å²) < 4.78 is 2.12. The molecule has 1 N–H and O–H groups in total. The minimum absolute atomic E-state index is 0.00573. The topological polar surface area (TPSA) is 87.1 Å². The summed E-state index contributed by atoms with van der Waals surface area (Å²) >= 11 is 1.74. The standard InChI is InChI=1S/C24H19N5OS/c1-13-14(2)31-24-22(13)23(26-12-21-28-27-15(3)29(21)24)17-6-4-16(5-7-17)18-8-9-20(30)19(10-18)11-25/h4-10,30H,12H2,1-3H3. The molecular formula is C24H19N5OS. The predicted octanol–water partition coefficient (Wildman–Crippen LogP) is 4.85. The van der Waals surface area contributed by atoms with E-state index in [2.05, 4.69) is 40.7 Å². The fourth-order valence-electron chi connectivity index (χ4n) is 3.91. The number of hydrogen-bond donors (Lipinski definition) is 1. The molecule has 7 heteroatoms. The van der Waals surface area contributed by atoms with Crippen LogP contribution in [0.3, 0.4) is 0 Å². The van der Waals surface area contributed by atoms with Gasteiger partial charge in [0, 0.05) is 16.0 Å². The van der Waals surface area contributed by atoms with Crippen molar-refractivity contribution in [3.63, 3.8) is 0 Å². The largest absolute Gasteiger partial charge is 0.507 e. The lowest BCUT2D eigenvalue weighted by Gasteiger charge is -2.10. The minimum Gasteiger partial charge on any atom is -0.507 e. The molecule has 0 saturated carbocycles. The molecule has 5 rings (SSSR count). The second kappa shape index (κ2) is 7.18. The van der Waals surface area contributed by atoms with Crippen LogP contribution < -0.4 is 0 Å². The highest BCUT2D eigenvalue weighted by molar-refractivity contribution is 7.15. The van der Waals surface area contributed by atoms with E-state index in [4.69, 9.17) is 4.99 Å². The van der Waals surface area contributed by atoms with Crippen LogP contribution in [0.4, 0.5) is 0 Å². The quantitative estimate of drug-likeness (QED) is 0.497. The second-order valence-corrected chi connectivity index (χ2v) is 8.75. The van der Waals surface area contributed by atoms with E-state index in [-0.39, 0.29) is 11.3 Å². The van der Waals surface area contributed by atoms with Crippen LogP contribution in [-0.4, -0.2) is 25.6 Å². The Kier molecular flexibility index (Phi) is 4.45. The summed E-state index contributed by atoms with van der Waals surface area (Å²) in [5, 5.41) is 28.7. The molecule has 0 fully saturated rings. The van der Waals surface area contributed by atoms with E-state index in [0.29, 0.717) is 6.54 Å². The summed E-state index contributed by atoms with van der Waals surface area (Å²) in [5.74, 6) is 1.71. The second-order valence-electron chi connectivity index (χ2n) is 7.55. The number of phenolic OH excluding ortho intramolecular Hbond substituents is 1. The van der Waals surface area contributed by atoms with Crippen molar-refractivity contribution >= 4 is 17.0 Å². The number of thiophene rings is 1. The summed E-state index contributed by atoms with van der Waals surface area (Å²) in [4.78, 5) is 6.18. The average Bonchev–Trinajstić information content (AvgIpc) is 3.22. The van der Waals surface area contributed by atoms with Crippen LogP contribution in [0, 0.1) is 32.1 Å². The van der Waals surface area contributed by atoms with E-state index < -0.39 is 0 Å². The molecule has 0 amide bonds. The van der Waals surface area contributed by atoms with Gasteiger partial charge in [0.2, 0.25) is 0 Å². The van der Waals surface area contributed by atoms with Crippen LogP contribution in [0.1, 0.15) is 38.8 Å². The summed E-state index contributed by atoms with van der Waals surface area (Å²) in [7, 11) is 0. The molecule has 0 bridgehead atoms. The van der Waals surface area contributed by atoms with E-state index in [9.17, 15) is 10.4 Å². The number of aliphatic imine (C=N–C) groups is 1. The number of fused-ring (bicyclic) bond motifs is 3. The van der Waals surface area contributed by atoms with Crippen LogP contribution in [-0.2, 0) is 6.54 Å². The highest BCUT2D eigenvalue weighted by Crippen LogP contribution is 2.36. The van der Waals surface area contributed by atoms with Crippen molar-refractivity contribution in [3.8, 4) is 27.9 Å². The first-order valence-electron chi connectivity index (χ1n) is 9.88. The van der Waals surface area contributed by atoms with Crippen molar-refractivity contribution in [2.24, 2.45) is 4.99 Å². The van der Waals surface area contributed by atoms with Gasteiger partial charge in [0.25, 0.3) is 0 Å². The van der Waals surface area contributed by atoms with Gasteiger partial charge in [-0.3, -0.25) is 9.56 Å². The number of hydrogen-bond acceptors (Lipinski definition) is 6. The van der Waals surface area contributed by atoms with Crippen LogP contribution in [0.15, 0.2) is 47.5 Å². The van der Waals surface area contributed by atoms with Crippen LogP contribution >= 0.6 is 11.3 Å². The molecule has 0 aliphatic carbocycles. The first-order chi connectivity index (χ1) is 15.0. The molecule has 2 aromatic carbocycles. The first kappa shape index (κ1) is 19.2. The molecule has 0 atom stereocenters. The summed E-state index contributed by atoms with van der Waals surface area (Å²) in [6.45, 7) is 6.71. The maximum absolute atomic E-state index is 9.77. The van der Waals surface area contributed by atoms with E-state index in [0.717, 1.165) is 44.6 Å². The Bertz CT molecular complexity index is 1400. The van der Waals surface area contributed by atoms with Gasteiger partial charge in [0.15, 0.2) is 5.82 Å². The number of aromatic nitrogens is 3. The van der Waals surface area contributed by atoms with Crippen molar-refractivity contribution in [2.45, 2.75) is 27.3 Å². The maximum Gasteiger partial charge on any atom is 0.160 e. The number of phenols is 1. The van der Waals surface area contributed by atoms with Gasteiger partial charge in [-0.1, -0.05) is 30.3 Å². The Balaban J connectivity index is 1.60. The number of nitrogens with zero attached hydrogens (tertiary/aromatic N) is 5. The van der Waals surface area contributed by atoms with Gasteiger partial charge < -0.3 is 5.11 Å². The molecule has 6 nitrogen and oxygen atoms in total. The fraction of sp³-hybridized carbons (Fsp3) is 0.167. The normalized spacial score (nSPS) is 12.5. The number of aromatic hydroxyl groups is 1. The molecule has 1 aliphatic heterocycles. The van der Waals surface area contributed by atoms with Crippen LogP contribution in [0.2, 0.25) is 0 Å². The number of nitriles is 1. The molecule has 1 aliphatic rings. The zero-order chi connectivity index (χ0) is 21.7. The van der Waals surface area contributed by atoms with Crippen molar-refractivity contribution in [1.82, 2.24) is 14.8 Å². The third-order valence-electron chi connectivity index (χ3n) is 5.69. The van der Waals surface area contributed by atoms with Crippen molar-refractivity contribution in [1.29, 1.82) is 5.26 Å². The Hall–Kier alpha value is -3.76. The van der Waals surface area contributed by atoms with E-state index in [1.54, 1.807) is 23.5 Å². The lowest BCUT2D eigenvalue weighted by atomic mass is 9.96. The van der Waals surface area contributed by atoms with Gasteiger partial charge >= 0.3 is 0 Å². The Morgan fingerprint density at radius 1 is 1.00 bits per heavy atom. The Labute approximate surface area is 183 Å². The van der Waals surface area contributed by atoms with E-state index in [1.807, 2.05) is 31.2 Å². The van der Waals surface area contributed by atoms with Gasteiger partial charge in [-0.05, 0) is 49.6 Å². The van der Waals surface area contributed by atoms with Crippen molar-refractivity contribution < 1.29 is 5.11 Å². The van der Waals surface area contributed by atoms with Gasteiger partial charge in [0.05, 0.1) is 11.3 Å². The SMILES string of the molecule is Cc1sc2c(c1C)C(c1ccc(-c3ccc(O)c(C#N)c3)cc1)=NCc1nnc(C)n1-2. The smallest absolute Gasteiger partial charge is 0.160 e. The number of aryl methyl sites for hydroxylation is 2. The summed E-state index contributed by atoms with van der Waals surface area (Å²) in [6, 6.07) is 15.3. The zero-order valence-corrected chi connectivity index (χ0v) is 18.2. The lowest BCUT2D eigenvalue weighted by molar-refractivity contribution is 0.473. The molecule has 31 heavy (non-hydrogen) atoms. The highest BCUT2D eigenvalue weighted by atomic mass is 32.1. The number of benzene rings is 2. The lowest BCUT2D eigenvalue weighted by Crippen LogP contribution is -2.07. The van der Waals surface area contributed by atoms with Gasteiger partial charge in [-0.15, -0.1) is 21.5 Å². The molecule has 152 valence electrons. The Morgan fingerprint density at radius 3 is 2.45 bits per heavy atom. The third-order valence-corrected chi connectivity index (χ3v) is 6.88. The molecule has 0 radical (unpaired) electrons. The van der Waals surface area contributed by atoms with Crippen molar-refractivity contribution in [2.75, 3.05) is 0 Å². The Morgan fingerprint density at radius 2 is 1.71 bits per heavy atom. The maximum atomic E-state index is 9.77. The number of rotatable bonds is 2. The highest BCUT2D eigenvalue weighted by Gasteiger charge is 2.26. The molecule has 4 aromatic rings. The first-order valence-corrected chi connectivity index (χ1v) is 10.7. The van der Waals surface area contributed by atoms with Gasteiger partial charge in [-0.25, -0.2) is 0 Å². The third kappa shape index (κ3) is 3.04. The van der Waals surface area contributed by atoms with Crippen LogP contribution in [0.25, 0.3) is 16.1 Å². The van der Waals surface area contributed by atoms with Gasteiger partial charge in [-0.2, -0.15) is 5.26 Å². The van der Waals surface area contributed by atoms with E-state index >= 15 is 0 Å². The zero-order valence-electron chi connectivity index (χ0n) is 17.3. The molecule has 0 saturated heterocycles. The van der Waals surface area contributed by atoms with Crippen LogP contribution in [0.5, 0.6) is 5.75 Å². The molecular weight excluding hydrogens is 406 g/mol. The molecule has 3 heterocycles. The van der Waals surface area contributed by atoms with E-state index in [1.165, 1.54) is 10.4 Å². The molecule has 0 spiro atoms. The molecule has 2 aromatic heterocycles. The summed E-state index contributed by atoms with van der Waals surface area (Å²) in [5.41, 5.74) is 6.46. The monoisotopic (exact) mass is 425 g/mol. The average molecular weight is 426 g/mol. The van der Waals surface area contributed by atoms with Crippen molar-refractivity contribution in [3.05, 3.63) is 81.2 Å². The van der Waals surface area contributed by atoms with Gasteiger partial charge in [0.1, 0.15) is 29.2 Å². The summed E-state index contributed by atoms with van der Waals surface area (Å²) in [6.07, 6.45) is 0. The predicted molar refractivity (Wildman–Crippen MR) is 121 cm³/mol. The molecule has 0 unspecified atom stereocenters.